The van der Waals surface area contributed by atoms with Crippen molar-refractivity contribution in [1.82, 2.24) is 0 Å². The number of esters is 2. The lowest BCUT2D eigenvalue weighted by atomic mass is 9.40. The van der Waals surface area contributed by atoms with Gasteiger partial charge in [0, 0.05) is 38.2 Å². The highest BCUT2D eigenvalue weighted by Crippen LogP contribution is 2.79. The molecule has 5 aliphatic heterocycles. The fourth-order valence-corrected chi connectivity index (χ4v) is 8.86. The predicted octanol–water partition coefficient (Wildman–Crippen LogP) is 3.20. The number of rotatable bonds is 3. The van der Waals surface area contributed by atoms with Crippen molar-refractivity contribution >= 4 is 11.9 Å². The van der Waals surface area contributed by atoms with Gasteiger partial charge in [0.15, 0.2) is 5.79 Å². The molecule has 1 aromatic rings. The third kappa shape index (κ3) is 2.55. The van der Waals surface area contributed by atoms with Crippen LogP contribution >= 0.6 is 0 Å². The molecule has 0 amide bonds. The SMILES string of the molecule is CC(=O)O[C@H]1O[C@H](c2ccoc2)C[C@@]12[C@H]1CC[C@H](OC(C)=O)[C@]34CO[C@@]5(C[C@@H]2C)O[C@](C)(OC[C@]153)O4. The number of furan rings is 1. The Balaban J connectivity index is 1.40. The predicted molar refractivity (Wildman–Crippen MR) is 118 cm³/mol. The van der Waals surface area contributed by atoms with E-state index in [1.54, 1.807) is 19.5 Å². The minimum absolute atomic E-state index is 0.0124. The summed E-state index contributed by atoms with van der Waals surface area (Å²) in [6.45, 7) is 7.30. The Bertz CT molecular complexity index is 1100. The second kappa shape index (κ2) is 7.11. The smallest absolute Gasteiger partial charge is 0.304 e. The van der Waals surface area contributed by atoms with E-state index in [2.05, 4.69) is 6.92 Å². The lowest BCUT2D eigenvalue weighted by Gasteiger charge is -2.73. The first-order valence-corrected chi connectivity index (χ1v) is 12.8. The Hall–Kier alpha value is -1.98. The quantitative estimate of drug-likeness (QED) is 0.569. The van der Waals surface area contributed by atoms with Crippen LogP contribution in [0.2, 0.25) is 0 Å². The summed E-state index contributed by atoms with van der Waals surface area (Å²) in [5.41, 5.74) is -1.40. The fourth-order valence-electron chi connectivity index (χ4n) is 8.86. The van der Waals surface area contributed by atoms with Crippen LogP contribution in [0, 0.1) is 22.7 Å². The first kappa shape index (κ1) is 23.2. The number of hydrogen-bond donors (Lipinski definition) is 0. The molecule has 1 aromatic heterocycles. The van der Waals surface area contributed by atoms with E-state index < -0.39 is 46.6 Å². The van der Waals surface area contributed by atoms with Crippen LogP contribution < -0.4 is 0 Å². The van der Waals surface area contributed by atoms with Gasteiger partial charge in [0.05, 0.1) is 37.3 Å². The van der Waals surface area contributed by atoms with E-state index in [1.165, 1.54) is 13.8 Å². The van der Waals surface area contributed by atoms with Crippen LogP contribution in [-0.4, -0.2) is 54.9 Å². The second-order valence-electron chi connectivity index (χ2n) is 11.5. The van der Waals surface area contributed by atoms with Crippen molar-refractivity contribution in [2.45, 2.75) is 89.2 Å². The average Bonchev–Trinajstić information content (AvgIpc) is 3.49. The van der Waals surface area contributed by atoms with Crippen molar-refractivity contribution in [2.24, 2.45) is 22.7 Å². The molecule has 7 fully saturated rings. The van der Waals surface area contributed by atoms with Crippen molar-refractivity contribution < 1.29 is 47.2 Å². The van der Waals surface area contributed by atoms with Gasteiger partial charge in [0.2, 0.25) is 6.29 Å². The highest BCUT2D eigenvalue weighted by atomic mass is 17.0. The molecule has 10 heteroatoms. The molecule has 10 atom stereocenters. The summed E-state index contributed by atoms with van der Waals surface area (Å²) in [5.74, 6) is -3.14. The minimum Gasteiger partial charge on any atom is -0.472 e. The summed E-state index contributed by atoms with van der Waals surface area (Å²) in [6, 6.07) is 1.88. The average molecular weight is 505 g/mol. The van der Waals surface area contributed by atoms with Crippen molar-refractivity contribution in [3.05, 3.63) is 24.2 Å². The lowest BCUT2D eigenvalue weighted by molar-refractivity contribution is -0.578. The van der Waals surface area contributed by atoms with Crippen molar-refractivity contribution in [3.63, 3.8) is 0 Å². The maximum absolute atomic E-state index is 12.3. The molecule has 0 N–H and O–H groups in total. The Kier molecular flexibility index (Phi) is 4.57. The van der Waals surface area contributed by atoms with Gasteiger partial charge in [-0.05, 0) is 37.2 Å². The number of carbonyl (C=O) groups excluding carboxylic acids is 2. The van der Waals surface area contributed by atoms with E-state index in [9.17, 15) is 9.59 Å². The molecule has 7 aliphatic rings. The maximum atomic E-state index is 12.3. The Labute approximate surface area is 208 Å². The van der Waals surface area contributed by atoms with E-state index in [4.69, 9.17) is 37.6 Å². The first-order valence-electron chi connectivity index (χ1n) is 12.8. The van der Waals surface area contributed by atoms with Crippen LogP contribution in [0.15, 0.2) is 23.0 Å². The van der Waals surface area contributed by atoms with Gasteiger partial charge in [-0.15, -0.1) is 0 Å². The largest absolute Gasteiger partial charge is 0.472 e. The summed E-state index contributed by atoms with van der Waals surface area (Å²) in [5, 5.41) is 0. The summed E-state index contributed by atoms with van der Waals surface area (Å²) in [6.07, 6.45) is 4.13. The highest BCUT2D eigenvalue weighted by molar-refractivity contribution is 5.66. The molecule has 10 nitrogen and oxygen atoms in total. The molecule has 0 radical (unpaired) electrons. The third-order valence-electron chi connectivity index (χ3n) is 9.97. The van der Waals surface area contributed by atoms with Gasteiger partial charge in [0.1, 0.15) is 11.7 Å². The van der Waals surface area contributed by atoms with Crippen LogP contribution in [0.5, 0.6) is 0 Å². The zero-order valence-corrected chi connectivity index (χ0v) is 20.9. The Morgan fingerprint density at radius 2 is 1.83 bits per heavy atom. The molecular weight excluding hydrogens is 472 g/mol. The van der Waals surface area contributed by atoms with Crippen molar-refractivity contribution in [2.75, 3.05) is 13.2 Å². The molecule has 2 saturated carbocycles. The molecule has 4 bridgehead atoms. The van der Waals surface area contributed by atoms with Crippen molar-refractivity contribution in [1.29, 1.82) is 0 Å². The molecular formula is C26H32O10. The maximum Gasteiger partial charge on any atom is 0.304 e. The molecule has 2 aliphatic carbocycles. The fraction of sp³-hybridized carbons (Fsp3) is 0.769. The normalized spacial score (nSPS) is 52.3. The van der Waals surface area contributed by atoms with Crippen LogP contribution in [0.25, 0.3) is 0 Å². The van der Waals surface area contributed by atoms with Gasteiger partial charge in [0.25, 0.3) is 5.97 Å². The van der Waals surface area contributed by atoms with Gasteiger partial charge in [-0.25, -0.2) is 0 Å². The first-order chi connectivity index (χ1) is 17.1. The third-order valence-corrected chi connectivity index (χ3v) is 9.97. The Morgan fingerprint density at radius 3 is 2.56 bits per heavy atom. The molecule has 0 unspecified atom stereocenters. The second-order valence-corrected chi connectivity index (χ2v) is 11.5. The van der Waals surface area contributed by atoms with Crippen LogP contribution in [0.3, 0.4) is 0 Å². The minimum atomic E-state index is -1.30. The van der Waals surface area contributed by atoms with E-state index >= 15 is 0 Å². The van der Waals surface area contributed by atoms with Crippen molar-refractivity contribution in [3.8, 4) is 0 Å². The number of carbonyl (C=O) groups is 2. The summed E-state index contributed by atoms with van der Waals surface area (Å²) in [7, 11) is 0. The van der Waals surface area contributed by atoms with Gasteiger partial charge in [-0.1, -0.05) is 6.92 Å². The van der Waals surface area contributed by atoms with Gasteiger partial charge in [-0.2, -0.15) is 0 Å². The summed E-state index contributed by atoms with van der Waals surface area (Å²) >= 11 is 0. The zero-order valence-electron chi connectivity index (χ0n) is 20.9. The number of ether oxygens (including phenoxy) is 7. The topological polar surface area (TPSA) is 112 Å². The van der Waals surface area contributed by atoms with Gasteiger partial charge in [-0.3, -0.25) is 14.3 Å². The standard InChI is InChI=1S/C26H32O10/c1-14-9-26-24-12-30-22(4,36-26)35-25(24,13-31-26)20(32-15(2)27)6-5-19(24)23(14)10-18(17-7-8-29-11-17)34-21(23)33-16(3)28/h7-8,11,14,18-21H,5-6,9-10,12-13H2,1-4H3/t14-,18-,19+,20-,21-,22+,23+,24+,25+,26-/m0/s1. The highest BCUT2D eigenvalue weighted by Gasteiger charge is 2.90. The van der Waals surface area contributed by atoms with E-state index in [0.717, 1.165) is 5.56 Å². The van der Waals surface area contributed by atoms with E-state index in [0.29, 0.717) is 32.3 Å². The van der Waals surface area contributed by atoms with Crippen LogP contribution in [-0.2, 0) is 42.7 Å². The lowest BCUT2D eigenvalue weighted by Crippen LogP contribution is -2.85. The molecule has 36 heavy (non-hydrogen) atoms. The van der Waals surface area contributed by atoms with E-state index in [1.807, 2.05) is 6.07 Å². The molecule has 5 saturated heterocycles. The number of hydrogen-bond acceptors (Lipinski definition) is 10. The molecule has 0 aromatic carbocycles. The van der Waals surface area contributed by atoms with Gasteiger partial charge < -0.3 is 32.8 Å². The van der Waals surface area contributed by atoms with Gasteiger partial charge >= 0.3 is 11.9 Å². The van der Waals surface area contributed by atoms with Crippen LogP contribution in [0.1, 0.15) is 65.0 Å². The summed E-state index contributed by atoms with van der Waals surface area (Å²) in [4.78, 5) is 24.5. The summed E-state index contributed by atoms with van der Waals surface area (Å²) < 4.78 is 49.7. The molecule has 196 valence electrons. The zero-order chi connectivity index (χ0) is 25.1. The molecule has 2 spiro atoms. The monoisotopic (exact) mass is 504 g/mol. The number of fused-ring (bicyclic) bond motifs is 2. The van der Waals surface area contributed by atoms with Crippen LogP contribution in [0.4, 0.5) is 0 Å². The Morgan fingerprint density at radius 1 is 1.03 bits per heavy atom. The molecule has 6 heterocycles. The molecule has 8 rings (SSSR count). The van der Waals surface area contributed by atoms with E-state index in [-0.39, 0.29) is 30.5 Å².